The number of hydrogen-bond donors (Lipinski definition) is 2. The molecular formula is C18H32IN3O2S. The van der Waals surface area contributed by atoms with Crippen LogP contribution in [0.25, 0.3) is 0 Å². The second-order valence-corrected chi connectivity index (χ2v) is 9.40. The zero-order valence-corrected chi connectivity index (χ0v) is 19.2. The fraction of sp³-hybridized carbons (Fsp3) is 0.611. The lowest BCUT2D eigenvalue weighted by Crippen LogP contribution is -2.46. The van der Waals surface area contributed by atoms with Crippen LogP contribution in [0.3, 0.4) is 0 Å². The van der Waals surface area contributed by atoms with Crippen LogP contribution in [0, 0.1) is 6.92 Å². The monoisotopic (exact) mass is 481 g/mol. The molecule has 1 aromatic rings. The van der Waals surface area contributed by atoms with Crippen LogP contribution in [0.4, 0.5) is 0 Å². The molecule has 5 nitrogen and oxygen atoms in total. The van der Waals surface area contributed by atoms with Crippen molar-refractivity contribution in [3.8, 4) is 0 Å². The molecular weight excluding hydrogens is 449 g/mol. The minimum Gasteiger partial charge on any atom is -0.356 e. The molecule has 1 aromatic carbocycles. The maximum atomic E-state index is 11.3. The first-order valence-corrected chi connectivity index (χ1v) is 10.3. The summed E-state index contributed by atoms with van der Waals surface area (Å²) in [5, 5.41) is 6.59. The molecule has 25 heavy (non-hydrogen) atoms. The summed E-state index contributed by atoms with van der Waals surface area (Å²) in [6.07, 6.45) is 1.82. The summed E-state index contributed by atoms with van der Waals surface area (Å²) >= 11 is 0. The van der Waals surface area contributed by atoms with Crippen LogP contribution in [0.15, 0.2) is 29.3 Å². The Hall–Kier alpha value is -0.830. The van der Waals surface area contributed by atoms with Crippen molar-refractivity contribution in [2.75, 3.05) is 25.6 Å². The first-order chi connectivity index (χ1) is 11.0. The predicted octanol–water partition coefficient (Wildman–Crippen LogP) is 2.88. The lowest BCUT2D eigenvalue weighted by atomic mass is 9.84. The Morgan fingerprint density at radius 3 is 2.28 bits per heavy atom. The molecule has 0 fully saturated rings. The minimum atomic E-state index is -2.94. The van der Waals surface area contributed by atoms with Crippen LogP contribution in [0.5, 0.6) is 0 Å². The van der Waals surface area contributed by atoms with Crippen molar-refractivity contribution < 1.29 is 8.42 Å². The maximum Gasteiger partial charge on any atom is 0.191 e. The average Bonchev–Trinajstić information content (AvgIpc) is 2.49. The van der Waals surface area contributed by atoms with E-state index in [4.69, 9.17) is 0 Å². The number of guanidine groups is 1. The topological polar surface area (TPSA) is 70.6 Å². The molecule has 0 aliphatic rings. The number of hydrogen-bond acceptors (Lipinski definition) is 3. The third-order valence-electron chi connectivity index (χ3n) is 4.06. The van der Waals surface area contributed by atoms with Crippen LogP contribution in [0.2, 0.25) is 0 Å². The molecule has 144 valence electrons. The zero-order chi connectivity index (χ0) is 18.4. The Labute approximate surface area is 170 Å². The molecule has 2 N–H and O–H groups in total. The van der Waals surface area contributed by atoms with E-state index in [1.54, 1.807) is 7.05 Å². The van der Waals surface area contributed by atoms with Crippen LogP contribution in [-0.4, -0.2) is 46.0 Å². The zero-order valence-electron chi connectivity index (χ0n) is 16.1. The maximum absolute atomic E-state index is 11.3. The van der Waals surface area contributed by atoms with Crippen LogP contribution >= 0.6 is 24.0 Å². The van der Waals surface area contributed by atoms with E-state index in [0.29, 0.717) is 12.4 Å². The molecule has 1 atom stereocenters. The summed E-state index contributed by atoms with van der Waals surface area (Å²) in [5.74, 6) is 0.865. The second kappa shape index (κ2) is 10.4. The highest BCUT2D eigenvalue weighted by atomic mass is 127. The van der Waals surface area contributed by atoms with Crippen LogP contribution in [0.1, 0.15) is 38.3 Å². The van der Waals surface area contributed by atoms with E-state index in [2.05, 4.69) is 60.7 Å². The molecule has 0 amide bonds. The summed E-state index contributed by atoms with van der Waals surface area (Å²) in [6, 6.07) is 8.59. The fourth-order valence-electron chi connectivity index (χ4n) is 2.30. The SMILES string of the molecule is CN=C(NCC(C)(C)c1ccc(C)cc1)NC(C)CCS(C)(=O)=O.I. The second-order valence-electron chi connectivity index (χ2n) is 7.14. The van der Waals surface area contributed by atoms with Gasteiger partial charge in [0.25, 0.3) is 0 Å². The number of aryl methyl sites for hydroxylation is 1. The molecule has 0 aliphatic carbocycles. The Morgan fingerprint density at radius 1 is 1.24 bits per heavy atom. The largest absolute Gasteiger partial charge is 0.356 e. The van der Waals surface area contributed by atoms with Crippen molar-refractivity contribution in [1.82, 2.24) is 10.6 Å². The summed E-state index contributed by atoms with van der Waals surface area (Å²) < 4.78 is 22.5. The van der Waals surface area contributed by atoms with Gasteiger partial charge >= 0.3 is 0 Å². The number of nitrogens with one attached hydrogen (secondary N) is 2. The van der Waals surface area contributed by atoms with Crippen molar-refractivity contribution in [3.63, 3.8) is 0 Å². The molecule has 0 saturated heterocycles. The molecule has 0 radical (unpaired) electrons. The van der Waals surface area contributed by atoms with Crippen LogP contribution < -0.4 is 10.6 Å². The summed E-state index contributed by atoms with van der Waals surface area (Å²) in [7, 11) is -1.22. The number of sulfone groups is 1. The van der Waals surface area contributed by atoms with Crippen LogP contribution in [-0.2, 0) is 15.3 Å². The molecule has 1 unspecified atom stereocenters. The predicted molar refractivity (Wildman–Crippen MR) is 118 cm³/mol. The van der Waals surface area contributed by atoms with Gasteiger partial charge in [-0.15, -0.1) is 24.0 Å². The third kappa shape index (κ3) is 9.44. The lowest BCUT2D eigenvalue weighted by Gasteiger charge is -2.27. The van der Waals surface area contributed by atoms with Crippen molar-refractivity contribution in [1.29, 1.82) is 0 Å². The fourth-order valence-corrected chi connectivity index (χ4v) is 3.08. The van der Waals surface area contributed by atoms with Crippen molar-refractivity contribution in [2.45, 2.75) is 45.6 Å². The highest BCUT2D eigenvalue weighted by molar-refractivity contribution is 14.0. The van der Waals surface area contributed by atoms with Gasteiger partial charge in [0, 0.05) is 31.3 Å². The van der Waals surface area contributed by atoms with E-state index in [0.717, 1.165) is 6.54 Å². The van der Waals surface area contributed by atoms with E-state index in [1.807, 2.05) is 6.92 Å². The molecule has 7 heteroatoms. The van der Waals surface area contributed by atoms with Gasteiger partial charge in [0.2, 0.25) is 0 Å². The molecule has 0 aliphatic heterocycles. The van der Waals surface area contributed by atoms with Gasteiger partial charge in [0.05, 0.1) is 5.75 Å². The van der Waals surface area contributed by atoms with Gasteiger partial charge in [-0.25, -0.2) is 8.42 Å². The van der Waals surface area contributed by atoms with Gasteiger partial charge in [0.1, 0.15) is 9.84 Å². The Balaban J connectivity index is 0.00000576. The van der Waals surface area contributed by atoms with E-state index >= 15 is 0 Å². The van der Waals surface area contributed by atoms with Gasteiger partial charge in [0.15, 0.2) is 5.96 Å². The van der Waals surface area contributed by atoms with Gasteiger partial charge in [-0.05, 0) is 25.8 Å². The number of benzene rings is 1. The number of nitrogens with zero attached hydrogens (tertiary/aromatic N) is 1. The molecule has 0 saturated carbocycles. The number of halogens is 1. The molecule has 1 rings (SSSR count). The van der Waals surface area contributed by atoms with E-state index in [-0.39, 0.29) is 41.2 Å². The normalized spacial score (nSPS) is 13.8. The number of rotatable bonds is 7. The smallest absolute Gasteiger partial charge is 0.191 e. The third-order valence-corrected chi connectivity index (χ3v) is 5.04. The van der Waals surface area contributed by atoms with Gasteiger partial charge in [-0.1, -0.05) is 43.7 Å². The Bertz CT molecular complexity index is 655. The first kappa shape index (κ1) is 24.2. The Kier molecular flexibility index (Phi) is 10.0. The van der Waals surface area contributed by atoms with Gasteiger partial charge in [-0.3, -0.25) is 4.99 Å². The van der Waals surface area contributed by atoms with E-state index in [9.17, 15) is 8.42 Å². The summed E-state index contributed by atoms with van der Waals surface area (Å²) in [4.78, 5) is 4.23. The highest BCUT2D eigenvalue weighted by Gasteiger charge is 2.21. The van der Waals surface area contributed by atoms with Gasteiger partial charge < -0.3 is 10.6 Å². The standard InChI is InChI=1S/C18H31N3O2S.HI/c1-14-7-9-16(10-8-14)18(3,4)13-20-17(19-5)21-15(2)11-12-24(6,22)23;/h7-10,15H,11-13H2,1-6H3,(H2,19,20,21);1H. The van der Waals surface area contributed by atoms with Gasteiger partial charge in [-0.2, -0.15) is 0 Å². The first-order valence-electron chi connectivity index (χ1n) is 8.25. The average molecular weight is 481 g/mol. The van der Waals surface area contributed by atoms with E-state index < -0.39 is 9.84 Å². The molecule has 0 aromatic heterocycles. The quantitative estimate of drug-likeness (QED) is 0.357. The van der Waals surface area contributed by atoms with Crippen molar-refractivity contribution in [2.24, 2.45) is 4.99 Å². The Morgan fingerprint density at radius 2 is 1.80 bits per heavy atom. The van der Waals surface area contributed by atoms with E-state index in [1.165, 1.54) is 17.4 Å². The molecule has 0 bridgehead atoms. The molecule has 0 spiro atoms. The summed E-state index contributed by atoms with van der Waals surface area (Å²) in [6.45, 7) is 9.15. The molecule has 0 heterocycles. The summed E-state index contributed by atoms with van der Waals surface area (Å²) in [5.41, 5.74) is 2.47. The highest BCUT2D eigenvalue weighted by Crippen LogP contribution is 2.22. The van der Waals surface area contributed by atoms with Crippen molar-refractivity contribution >= 4 is 39.8 Å². The minimum absolute atomic E-state index is 0. The lowest BCUT2D eigenvalue weighted by molar-refractivity contribution is 0.503. The number of aliphatic imine (C=N–C) groups is 1. The van der Waals surface area contributed by atoms with Crippen molar-refractivity contribution in [3.05, 3.63) is 35.4 Å².